The molecule has 0 aliphatic heterocycles. The number of hydrogen-bond donors (Lipinski definition) is 1. The molecule has 0 spiro atoms. The third kappa shape index (κ3) is 2.75. The van der Waals surface area contributed by atoms with Crippen molar-refractivity contribution < 1.29 is 8.42 Å². The number of sulfonamides is 1. The zero-order valence-electron chi connectivity index (χ0n) is 12.3. The molecule has 1 aliphatic carbocycles. The molecule has 1 aliphatic rings. The van der Waals surface area contributed by atoms with Gasteiger partial charge >= 0.3 is 0 Å². The van der Waals surface area contributed by atoms with E-state index in [1.165, 1.54) is 0 Å². The lowest BCUT2D eigenvalue weighted by molar-refractivity contribution is 0.335. The molecule has 0 aromatic heterocycles. The first kappa shape index (κ1) is 15.5. The van der Waals surface area contributed by atoms with Gasteiger partial charge in [0.25, 0.3) is 0 Å². The molecule has 4 nitrogen and oxygen atoms in total. The van der Waals surface area contributed by atoms with Crippen LogP contribution in [0.2, 0.25) is 0 Å². The van der Waals surface area contributed by atoms with E-state index in [1.54, 1.807) is 16.4 Å². The third-order valence-corrected chi connectivity index (χ3v) is 6.42. The number of hydrogen-bond acceptors (Lipinski definition) is 3. The van der Waals surface area contributed by atoms with Crippen LogP contribution in [0.5, 0.6) is 0 Å². The summed E-state index contributed by atoms with van der Waals surface area (Å²) in [6.07, 6.45) is 4.20. The van der Waals surface area contributed by atoms with Gasteiger partial charge in [0.2, 0.25) is 10.0 Å². The first-order valence-electron chi connectivity index (χ1n) is 7.32. The number of rotatable bonds is 5. The van der Waals surface area contributed by atoms with Gasteiger partial charge in [0.15, 0.2) is 0 Å². The molecule has 0 radical (unpaired) electrons. The van der Waals surface area contributed by atoms with Crippen LogP contribution in [0.1, 0.15) is 43.7 Å². The van der Waals surface area contributed by atoms with E-state index in [0.717, 1.165) is 36.8 Å². The fourth-order valence-electron chi connectivity index (χ4n) is 3.10. The van der Waals surface area contributed by atoms with Gasteiger partial charge < -0.3 is 5.73 Å². The predicted molar refractivity (Wildman–Crippen MR) is 80.9 cm³/mol. The average molecular weight is 296 g/mol. The van der Waals surface area contributed by atoms with Gasteiger partial charge in [-0.1, -0.05) is 31.9 Å². The monoisotopic (exact) mass is 296 g/mol. The molecule has 1 saturated carbocycles. The summed E-state index contributed by atoms with van der Waals surface area (Å²) < 4.78 is 27.5. The topological polar surface area (TPSA) is 63.4 Å². The highest BCUT2D eigenvalue weighted by Gasteiger charge is 2.33. The van der Waals surface area contributed by atoms with E-state index in [0.29, 0.717) is 18.0 Å². The standard InChI is InChI=1S/C15H24N2O2S/c1-3-17(14-8-4-5-9-14)20(18,19)15-10-6-7-13(11-16)12(15)2/h6-7,10,14H,3-5,8-9,11,16H2,1-2H3. The Balaban J connectivity index is 2.43. The van der Waals surface area contributed by atoms with E-state index < -0.39 is 10.0 Å². The minimum atomic E-state index is -3.42. The van der Waals surface area contributed by atoms with Crippen molar-refractivity contribution in [3.8, 4) is 0 Å². The highest BCUT2D eigenvalue weighted by Crippen LogP contribution is 2.30. The van der Waals surface area contributed by atoms with E-state index in [2.05, 4.69) is 0 Å². The minimum Gasteiger partial charge on any atom is -0.326 e. The van der Waals surface area contributed by atoms with Crippen molar-refractivity contribution in [2.24, 2.45) is 5.73 Å². The quantitative estimate of drug-likeness (QED) is 0.907. The van der Waals surface area contributed by atoms with Gasteiger partial charge in [-0.3, -0.25) is 0 Å². The maximum atomic E-state index is 12.9. The summed E-state index contributed by atoms with van der Waals surface area (Å²) in [6.45, 7) is 4.65. The van der Waals surface area contributed by atoms with Crippen LogP contribution in [-0.4, -0.2) is 25.3 Å². The molecule has 5 heteroatoms. The van der Waals surface area contributed by atoms with Gasteiger partial charge in [0.1, 0.15) is 0 Å². The van der Waals surface area contributed by atoms with Gasteiger partial charge in [0, 0.05) is 19.1 Å². The Morgan fingerprint density at radius 1 is 1.30 bits per heavy atom. The molecule has 1 aromatic carbocycles. The first-order chi connectivity index (χ1) is 9.52. The molecule has 2 rings (SSSR count). The van der Waals surface area contributed by atoms with Crippen LogP contribution in [-0.2, 0) is 16.6 Å². The Morgan fingerprint density at radius 2 is 1.95 bits per heavy atom. The van der Waals surface area contributed by atoms with E-state index in [9.17, 15) is 8.42 Å². The Kier molecular flexibility index (Phi) is 4.83. The van der Waals surface area contributed by atoms with Crippen molar-refractivity contribution in [3.63, 3.8) is 0 Å². The SMILES string of the molecule is CCN(C1CCCC1)S(=O)(=O)c1cccc(CN)c1C. The molecular formula is C15H24N2O2S. The number of nitrogens with two attached hydrogens (primary N) is 1. The van der Waals surface area contributed by atoms with E-state index in [-0.39, 0.29) is 6.04 Å². The van der Waals surface area contributed by atoms with Gasteiger partial charge in [-0.25, -0.2) is 8.42 Å². The Labute approximate surface area is 122 Å². The van der Waals surface area contributed by atoms with E-state index in [1.807, 2.05) is 19.9 Å². The molecular weight excluding hydrogens is 272 g/mol. The van der Waals surface area contributed by atoms with Crippen molar-refractivity contribution in [1.82, 2.24) is 4.31 Å². The smallest absolute Gasteiger partial charge is 0.243 e. The number of nitrogens with zero attached hydrogens (tertiary/aromatic N) is 1. The number of benzene rings is 1. The highest BCUT2D eigenvalue weighted by molar-refractivity contribution is 7.89. The second-order valence-electron chi connectivity index (χ2n) is 5.39. The van der Waals surface area contributed by atoms with Crippen molar-refractivity contribution in [2.45, 2.75) is 57.0 Å². The first-order valence-corrected chi connectivity index (χ1v) is 8.76. The van der Waals surface area contributed by atoms with Crippen LogP contribution in [0.3, 0.4) is 0 Å². The summed E-state index contributed by atoms with van der Waals surface area (Å²) in [5.41, 5.74) is 7.37. The summed E-state index contributed by atoms with van der Waals surface area (Å²) in [5.74, 6) is 0. The molecule has 1 fully saturated rings. The third-order valence-electron chi connectivity index (χ3n) is 4.25. The lowest BCUT2D eigenvalue weighted by Gasteiger charge is -2.27. The summed E-state index contributed by atoms with van der Waals surface area (Å²) in [5, 5.41) is 0. The molecule has 1 aromatic rings. The summed E-state index contributed by atoms with van der Waals surface area (Å²) in [6, 6.07) is 5.53. The van der Waals surface area contributed by atoms with Crippen LogP contribution in [0, 0.1) is 6.92 Å². The second-order valence-corrected chi connectivity index (χ2v) is 7.25. The lowest BCUT2D eigenvalue weighted by atomic mass is 10.1. The molecule has 20 heavy (non-hydrogen) atoms. The molecule has 112 valence electrons. The molecule has 0 bridgehead atoms. The average Bonchev–Trinajstić information content (AvgIpc) is 2.93. The molecule has 0 amide bonds. The molecule has 0 unspecified atom stereocenters. The molecule has 0 saturated heterocycles. The van der Waals surface area contributed by atoms with Crippen LogP contribution < -0.4 is 5.73 Å². The van der Waals surface area contributed by atoms with Crippen LogP contribution in [0.4, 0.5) is 0 Å². The van der Waals surface area contributed by atoms with Crippen molar-refractivity contribution in [1.29, 1.82) is 0 Å². The summed E-state index contributed by atoms with van der Waals surface area (Å²) in [7, 11) is -3.42. The summed E-state index contributed by atoms with van der Waals surface area (Å²) >= 11 is 0. The Bertz CT molecular complexity index is 563. The lowest BCUT2D eigenvalue weighted by Crippen LogP contribution is -2.39. The maximum absolute atomic E-state index is 12.9. The van der Waals surface area contributed by atoms with Crippen molar-refractivity contribution >= 4 is 10.0 Å². The fraction of sp³-hybridized carbons (Fsp3) is 0.600. The largest absolute Gasteiger partial charge is 0.326 e. The van der Waals surface area contributed by atoms with E-state index >= 15 is 0 Å². The van der Waals surface area contributed by atoms with Crippen LogP contribution >= 0.6 is 0 Å². The van der Waals surface area contributed by atoms with Gasteiger partial charge in [-0.15, -0.1) is 0 Å². The van der Waals surface area contributed by atoms with Gasteiger partial charge in [-0.2, -0.15) is 4.31 Å². The maximum Gasteiger partial charge on any atom is 0.243 e. The second kappa shape index (κ2) is 6.24. The Morgan fingerprint density at radius 3 is 2.50 bits per heavy atom. The van der Waals surface area contributed by atoms with Crippen molar-refractivity contribution in [2.75, 3.05) is 6.54 Å². The van der Waals surface area contributed by atoms with Crippen molar-refractivity contribution in [3.05, 3.63) is 29.3 Å². The van der Waals surface area contributed by atoms with E-state index in [4.69, 9.17) is 5.73 Å². The molecule has 0 atom stereocenters. The molecule has 2 N–H and O–H groups in total. The fourth-order valence-corrected chi connectivity index (χ4v) is 5.07. The molecule has 0 heterocycles. The van der Waals surface area contributed by atoms with Crippen LogP contribution in [0.15, 0.2) is 23.1 Å². The van der Waals surface area contributed by atoms with Gasteiger partial charge in [0.05, 0.1) is 4.90 Å². The minimum absolute atomic E-state index is 0.158. The normalized spacial score (nSPS) is 17.0. The highest BCUT2D eigenvalue weighted by atomic mass is 32.2. The van der Waals surface area contributed by atoms with Crippen LogP contribution in [0.25, 0.3) is 0 Å². The predicted octanol–water partition coefficient (Wildman–Crippen LogP) is 2.41. The zero-order chi connectivity index (χ0) is 14.8. The zero-order valence-corrected chi connectivity index (χ0v) is 13.1. The Hall–Kier alpha value is -0.910. The summed E-state index contributed by atoms with van der Waals surface area (Å²) in [4.78, 5) is 0.411. The van der Waals surface area contributed by atoms with Gasteiger partial charge in [-0.05, 0) is 37.0 Å².